The molecule has 0 spiro atoms. The van der Waals surface area contributed by atoms with Crippen molar-refractivity contribution in [1.29, 1.82) is 0 Å². The van der Waals surface area contributed by atoms with Gasteiger partial charge in [-0.15, -0.1) is 0 Å². The first-order chi connectivity index (χ1) is 11.8. The van der Waals surface area contributed by atoms with Gasteiger partial charge in [-0.2, -0.15) is 13.2 Å². The molecule has 25 heavy (non-hydrogen) atoms. The zero-order valence-corrected chi connectivity index (χ0v) is 13.3. The number of nitrogens with two attached hydrogens (primary N) is 1. The summed E-state index contributed by atoms with van der Waals surface area (Å²) in [5, 5.41) is 0. The molecule has 132 valence electrons. The number of piperidine rings is 1. The van der Waals surface area contributed by atoms with Crippen LogP contribution >= 0.6 is 0 Å². The predicted molar refractivity (Wildman–Crippen MR) is 86.6 cm³/mol. The molecule has 0 unspecified atom stereocenters. The van der Waals surface area contributed by atoms with Crippen molar-refractivity contribution in [3.05, 3.63) is 42.2 Å². The molecule has 0 atom stereocenters. The molecule has 0 bridgehead atoms. The van der Waals surface area contributed by atoms with Crippen molar-refractivity contribution in [3.63, 3.8) is 0 Å². The van der Waals surface area contributed by atoms with Crippen molar-refractivity contribution in [1.82, 2.24) is 9.97 Å². The Morgan fingerprint density at radius 2 is 1.76 bits per heavy atom. The van der Waals surface area contributed by atoms with Crippen molar-refractivity contribution in [3.8, 4) is 11.3 Å². The number of alkyl halides is 3. The van der Waals surface area contributed by atoms with Gasteiger partial charge in [0.25, 0.3) is 0 Å². The predicted octanol–water partition coefficient (Wildman–Crippen LogP) is 2.86. The maximum atomic E-state index is 12.7. The van der Waals surface area contributed by atoms with Gasteiger partial charge in [0, 0.05) is 30.6 Å². The van der Waals surface area contributed by atoms with E-state index in [1.54, 1.807) is 6.07 Å². The smallest absolute Gasteiger partial charge is 0.369 e. The van der Waals surface area contributed by atoms with Gasteiger partial charge in [-0.05, 0) is 25.0 Å². The average Bonchev–Trinajstić information content (AvgIpc) is 2.61. The molecular weight excluding hydrogens is 333 g/mol. The molecule has 0 aliphatic carbocycles. The van der Waals surface area contributed by atoms with Crippen LogP contribution in [0.1, 0.15) is 18.4 Å². The van der Waals surface area contributed by atoms with Gasteiger partial charge in [0.05, 0.1) is 11.3 Å². The van der Waals surface area contributed by atoms with Gasteiger partial charge in [-0.3, -0.25) is 4.79 Å². The standard InChI is InChI=1S/C17H17F3N4O/c18-17(19,20)13-3-1-11(2-4-13)14-9-15(23-10-22-14)24-7-5-12(6-8-24)16(21)25/h1-4,9-10,12H,5-8H2,(H2,21,25). The Labute approximate surface area is 142 Å². The summed E-state index contributed by atoms with van der Waals surface area (Å²) in [6.45, 7) is 1.30. The molecule has 1 saturated heterocycles. The minimum absolute atomic E-state index is 0.118. The van der Waals surface area contributed by atoms with E-state index in [2.05, 4.69) is 9.97 Å². The highest BCUT2D eigenvalue weighted by atomic mass is 19.4. The number of carbonyl (C=O) groups excluding carboxylic acids is 1. The fraction of sp³-hybridized carbons (Fsp3) is 0.353. The highest BCUT2D eigenvalue weighted by Gasteiger charge is 2.30. The third kappa shape index (κ3) is 3.89. The zero-order valence-electron chi connectivity index (χ0n) is 13.3. The van der Waals surface area contributed by atoms with Crippen molar-refractivity contribution in [2.45, 2.75) is 19.0 Å². The van der Waals surface area contributed by atoms with Crippen LogP contribution in [0.2, 0.25) is 0 Å². The number of hydrogen-bond acceptors (Lipinski definition) is 4. The summed E-state index contributed by atoms with van der Waals surface area (Å²) in [5.41, 5.74) is 5.77. The van der Waals surface area contributed by atoms with Crippen molar-refractivity contribution in [2.75, 3.05) is 18.0 Å². The summed E-state index contributed by atoms with van der Waals surface area (Å²) >= 11 is 0. The Morgan fingerprint density at radius 1 is 1.12 bits per heavy atom. The van der Waals surface area contributed by atoms with Crippen LogP contribution < -0.4 is 10.6 Å². The highest BCUT2D eigenvalue weighted by Crippen LogP contribution is 2.31. The van der Waals surface area contributed by atoms with Crippen LogP contribution in [0.15, 0.2) is 36.7 Å². The lowest BCUT2D eigenvalue weighted by atomic mass is 9.96. The fourth-order valence-corrected chi connectivity index (χ4v) is 2.90. The van der Waals surface area contributed by atoms with E-state index in [0.717, 1.165) is 12.1 Å². The van der Waals surface area contributed by atoms with Crippen LogP contribution in [0.5, 0.6) is 0 Å². The molecule has 3 rings (SSSR count). The molecular formula is C17H17F3N4O. The minimum Gasteiger partial charge on any atom is -0.369 e. The lowest BCUT2D eigenvalue weighted by Gasteiger charge is -2.31. The number of aromatic nitrogens is 2. The van der Waals surface area contributed by atoms with Crippen LogP contribution in [0.3, 0.4) is 0 Å². The van der Waals surface area contributed by atoms with Crippen molar-refractivity contribution >= 4 is 11.7 Å². The number of benzene rings is 1. The zero-order chi connectivity index (χ0) is 18.0. The molecule has 8 heteroatoms. The molecule has 0 radical (unpaired) electrons. The number of halogens is 3. The normalized spacial score (nSPS) is 16.0. The summed E-state index contributed by atoms with van der Waals surface area (Å²) in [5.74, 6) is 0.285. The van der Waals surface area contributed by atoms with E-state index in [9.17, 15) is 18.0 Å². The van der Waals surface area contributed by atoms with Gasteiger partial charge in [0.1, 0.15) is 12.1 Å². The second kappa shape index (κ2) is 6.70. The minimum atomic E-state index is -4.36. The summed E-state index contributed by atoms with van der Waals surface area (Å²) in [6.07, 6.45) is -1.65. The van der Waals surface area contributed by atoms with Crippen LogP contribution in [0.4, 0.5) is 19.0 Å². The Balaban J connectivity index is 1.77. The van der Waals surface area contributed by atoms with Gasteiger partial charge in [0.2, 0.25) is 5.91 Å². The van der Waals surface area contributed by atoms with Crippen molar-refractivity contribution < 1.29 is 18.0 Å². The average molecular weight is 350 g/mol. The molecule has 2 heterocycles. The SMILES string of the molecule is NC(=O)C1CCN(c2cc(-c3ccc(C(F)(F)F)cc3)ncn2)CC1. The highest BCUT2D eigenvalue weighted by molar-refractivity contribution is 5.77. The van der Waals surface area contributed by atoms with Crippen LogP contribution in [0.25, 0.3) is 11.3 Å². The maximum absolute atomic E-state index is 12.7. The topological polar surface area (TPSA) is 72.1 Å². The number of carbonyl (C=O) groups is 1. The quantitative estimate of drug-likeness (QED) is 0.924. The summed E-state index contributed by atoms with van der Waals surface area (Å²) in [4.78, 5) is 21.6. The van der Waals surface area contributed by atoms with Crippen LogP contribution in [-0.2, 0) is 11.0 Å². The van der Waals surface area contributed by atoms with Crippen molar-refractivity contribution in [2.24, 2.45) is 11.7 Å². The molecule has 2 N–H and O–H groups in total. The summed E-state index contributed by atoms with van der Waals surface area (Å²) in [6, 6.07) is 6.61. The van der Waals surface area contributed by atoms with E-state index < -0.39 is 11.7 Å². The molecule has 1 amide bonds. The number of hydrogen-bond donors (Lipinski definition) is 1. The summed E-state index contributed by atoms with van der Waals surface area (Å²) < 4.78 is 38.0. The van der Waals surface area contributed by atoms with E-state index >= 15 is 0 Å². The molecule has 5 nitrogen and oxygen atoms in total. The molecule has 1 aromatic carbocycles. The molecule has 2 aromatic rings. The fourth-order valence-electron chi connectivity index (χ4n) is 2.90. The molecule has 1 fully saturated rings. The first-order valence-electron chi connectivity index (χ1n) is 7.88. The number of nitrogens with zero attached hydrogens (tertiary/aromatic N) is 3. The lowest BCUT2D eigenvalue weighted by Crippen LogP contribution is -2.38. The third-order valence-corrected chi connectivity index (χ3v) is 4.38. The van der Waals surface area contributed by atoms with E-state index in [4.69, 9.17) is 5.73 Å². The molecule has 1 aromatic heterocycles. The monoisotopic (exact) mass is 350 g/mol. The van der Waals surface area contributed by atoms with Gasteiger partial charge >= 0.3 is 6.18 Å². The van der Waals surface area contributed by atoms with Gasteiger partial charge in [-0.25, -0.2) is 9.97 Å². The number of amides is 1. The van der Waals surface area contributed by atoms with Gasteiger partial charge < -0.3 is 10.6 Å². The van der Waals surface area contributed by atoms with E-state index in [-0.39, 0.29) is 11.8 Å². The maximum Gasteiger partial charge on any atom is 0.416 e. The van der Waals surface area contributed by atoms with Crippen LogP contribution in [0, 0.1) is 5.92 Å². The first kappa shape index (κ1) is 17.2. The third-order valence-electron chi connectivity index (χ3n) is 4.38. The van der Waals surface area contributed by atoms with Gasteiger partial charge in [-0.1, -0.05) is 12.1 Å². The Bertz CT molecular complexity index is 753. The lowest BCUT2D eigenvalue weighted by molar-refractivity contribution is -0.137. The molecule has 1 aliphatic heterocycles. The number of rotatable bonds is 3. The largest absolute Gasteiger partial charge is 0.416 e. The number of primary amides is 1. The Morgan fingerprint density at radius 3 is 2.32 bits per heavy atom. The Hall–Kier alpha value is -2.64. The van der Waals surface area contributed by atoms with E-state index in [0.29, 0.717) is 43.0 Å². The summed E-state index contributed by atoms with van der Waals surface area (Å²) in [7, 11) is 0. The second-order valence-corrected chi connectivity index (χ2v) is 6.00. The molecule has 1 aliphatic rings. The van der Waals surface area contributed by atoms with E-state index in [1.807, 2.05) is 4.90 Å². The van der Waals surface area contributed by atoms with E-state index in [1.165, 1.54) is 18.5 Å². The first-order valence-corrected chi connectivity index (χ1v) is 7.88. The Kier molecular flexibility index (Phi) is 4.61. The second-order valence-electron chi connectivity index (χ2n) is 6.00. The molecule has 0 saturated carbocycles. The van der Waals surface area contributed by atoms with Crippen LogP contribution in [-0.4, -0.2) is 29.0 Å². The van der Waals surface area contributed by atoms with Gasteiger partial charge in [0.15, 0.2) is 0 Å². The number of anilines is 1.